The molecule has 11 rings (SSSR count). The highest BCUT2D eigenvalue weighted by Gasteiger charge is 2.18. The molecular weight excluding hydrogens is 655 g/mol. The summed E-state index contributed by atoms with van der Waals surface area (Å²) in [5.41, 5.74) is 11.5. The van der Waals surface area contributed by atoms with E-state index >= 15 is 0 Å². The zero-order valence-corrected chi connectivity index (χ0v) is 28.7. The third-order valence-corrected chi connectivity index (χ3v) is 11.4. The average molecular weight is 684 g/mol. The second-order valence-corrected chi connectivity index (χ2v) is 14.3. The van der Waals surface area contributed by atoms with Crippen molar-refractivity contribution in [1.82, 2.24) is 0 Å². The van der Waals surface area contributed by atoms with Crippen LogP contribution in [0.5, 0.6) is 0 Å². The number of para-hydroxylation sites is 2. The highest BCUT2D eigenvalue weighted by atomic mass is 32.1. The lowest BCUT2D eigenvalue weighted by Crippen LogP contribution is -2.09. The normalized spacial score (nSPS) is 11.8. The summed E-state index contributed by atoms with van der Waals surface area (Å²) in [7, 11) is 0. The van der Waals surface area contributed by atoms with Gasteiger partial charge in [-0.15, -0.1) is 11.3 Å². The minimum atomic E-state index is 0.867. The number of fused-ring (bicyclic) bond motifs is 10. The lowest BCUT2D eigenvalue weighted by Gasteiger charge is -2.26. The van der Waals surface area contributed by atoms with Crippen LogP contribution in [0.3, 0.4) is 0 Å². The van der Waals surface area contributed by atoms with E-state index in [9.17, 15) is 0 Å². The fourth-order valence-electron chi connectivity index (χ4n) is 7.89. The van der Waals surface area contributed by atoms with E-state index in [1.807, 2.05) is 35.6 Å². The molecule has 3 nitrogen and oxygen atoms in total. The predicted molar refractivity (Wildman–Crippen MR) is 219 cm³/mol. The van der Waals surface area contributed by atoms with Crippen LogP contribution in [0.1, 0.15) is 0 Å². The van der Waals surface area contributed by atoms with Gasteiger partial charge in [0.25, 0.3) is 0 Å². The Morgan fingerprint density at radius 1 is 0.346 bits per heavy atom. The van der Waals surface area contributed by atoms with Crippen LogP contribution >= 0.6 is 11.3 Å². The van der Waals surface area contributed by atoms with Crippen molar-refractivity contribution in [1.29, 1.82) is 0 Å². The van der Waals surface area contributed by atoms with Gasteiger partial charge < -0.3 is 13.7 Å². The minimum Gasteiger partial charge on any atom is -0.456 e. The summed E-state index contributed by atoms with van der Waals surface area (Å²) in [6, 6.07) is 62.5. The van der Waals surface area contributed by atoms with E-state index < -0.39 is 0 Å². The number of rotatable bonds is 5. The SMILES string of the molecule is c1ccc(N(c2ccc(-c3ccc4c(c3)oc3ccc5oc6ccccc6c5c34)cc2)c2ccc(-c3cccc4sc5ccccc5c34)cc2)cc1. The summed E-state index contributed by atoms with van der Waals surface area (Å²) >= 11 is 1.86. The number of benzene rings is 8. The first-order valence-electron chi connectivity index (χ1n) is 17.5. The lowest BCUT2D eigenvalue weighted by molar-refractivity contribution is 0.663. The van der Waals surface area contributed by atoms with Gasteiger partial charge >= 0.3 is 0 Å². The lowest BCUT2D eigenvalue weighted by atomic mass is 9.99. The Balaban J connectivity index is 0.964. The summed E-state index contributed by atoms with van der Waals surface area (Å²) in [6.07, 6.45) is 0. The van der Waals surface area contributed by atoms with Crippen LogP contribution in [0, 0.1) is 0 Å². The molecular formula is C48H29NO2S. The van der Waals surface area contributed by atoms with Crippen molar-refractivity contribution in [3.8, 4) is 22.3 Å². The largest absolute Gasteiger partial charge is 0.456 e. The standard InChI is InChI=1S/C48H29NO2S/c1-2-9-33(10-3-1)49(35-24-19-31(20-25-35)36-13-8-16-45-46(36)39-12-5-7-15-44(39)52-45)34-22-17-30(18-23-34)32-21-26-38-43(29-32)51-42-28-27-41-47(48(38)42)37-11-4-6-14-40(37)50-41/h1-29H. The molecule has 3 aromatic heterocycles. The molecule has 0 amide bonds. The maximum atomic E-state index is 6.45. The van der Waals surface area contributed by atoms with Gasteiger partial charge in [0, 0.05) is 58.8 Å². The van der Waals surface area contributed by atoms with E-state index in [2.05, 4.69) is 157 Å². The molecule has 0 fully saturated rings. The van der Waals surface area contributed by atoms with Gasteiger partial charge in [0.15, 0.2) is 0 Å². The molecule has 0 bridgehead atoms. The first-order valence-corrected chi connectivity index (χ1v) is 18.3. The van der Waals surface area contributed by atoms with Crippen LogP contribution in [0.25, 0.3) is 86.3 Å². The zero-order valence-electron chi connectivity index (χ0n) is 27.9. The summed E-state index contributed by atoms with van der Waals surface area (Å²) in [5, 5.41) is 7.05. The van der Waals surface area contributed by atoms with Crippen molar-refractivity contribution in [2.75, 3.05) is 4.90 Å². The van der Waals surface area contributed by atoms with Crippen molar-refractivity contribution in [2.24, 2.45) is 0 Å². The summed E-state index contributed by atoms with van der Waals surface area (Å²) in [4.78, 5) is 2.32. The second kappa shape index (κ2) is 11.5. The van der Waals surface area contributed by atoms with Crippen LogP contribution in [0.15, 0.2) is 185 Å². The molecule has 0 aliphatic rings. The molecule has 4 heteroatoms. The van der Waals surface area contributed by atoms with Gasteiger partial charge in [-0.1, -0.05) is 97.1 Å². The van der Waals surface area contributed by atoms with Crippen molar-refractivity contribution < 1.29 is 8.83 Å². The van der Waals surface area contributed by atoms with Gasteiger partial charge in [0.05, 0.1) is 0 Å². The van der Waals surface area contributed by atoms with Crippen LogP contribution < -0.4 is 4.90 Å². The number of thiophene rings is 1. The number of anilines is 3. The smallest absolute Gasteiger partial charge is 0.136 e. The van der Waals surface area contributed by atoms with Gasteiger partial charge in [-0.05, 0) is 101 Å². The quantitative estimate of drug-likeness (QED) is 0.181. The molecule has 0 saturated heterocycles. The minimum absolute atomic E-state index is 0.867. The highest BCUT2D eigenvalue weighted by molar-refractivity contribution is 7.25. The van der Waals surface area contributed by atoms with Crippen LogP contribution in [0.4, 0.5) is 17.1 Å². The summed E-state index contributed by atoms with van der Waals surface area (Å²) in [5.74, 6) is 0. The Bertz CT molecular complexity index is 3110. The third kappa shape index (κ3) is 4.51. The van der Waals surface area contributed by atoms with Crippen molar-refractivity contribution >= 4 is 92.4 Å². The molecule has 0 N–H and O–H groups in total. The number of nitrogens with zero attached hydrogens (tertiary/aromatic N) is 1. The van der Waals surface area contributed by atoms with Crippen LogP contribution in [-0.2, 0) is 0 Å². The third-order valence-electron chi connectivity index (χ3n) is 10.3. The second-order valence-electron chi connectivity index (χ2n) is 13.3. The molecule has 244 valence electrons. The molecule has 11 aromatic rings. The maximum absolute atomic E-state index is 6.45. The molecule has 0 atom stereocenters. The Morgan fingerprint density at radius 3 is 1.69 bits per heavy atom. The van der Waals surface area contributed by atoms with E-state index in [0.29, 0.717) is 0 Å². The monoisotopic (exact) mass is 683 g/mol. The van der Waals surface area contributed by atoms with Crippen molar-refractivity contribution in [3.63, 3.8) is 0 Å². The van der Waals surface area contributed by atoms with E-state index in [1.165, 1.54) is 31.3 Å². The Kier molecular flexibility index (Phi) is 6.42. The molecule has 0 aliphatic heterocycles. The molecule has 0 spiro atoms. The van der Waals surface area contributed by atoms with Crippen LogP contribution in [0.2, 0.25) is 0 Å². The Hall–Kier alpha value is -6.62. The predicted octanol–water partition coefficient (Wildman–Crippen LogP) is 14.7. The topological polar surface area (TPSA) is 29.5 Å². The Morgan fingerprint density at radius 2 is 0.923 bits per heavy atom. The number of hydrogen-bond acceptors (Lipinski definition) is 4. The highest BCUT2D eigenvalue weighted by Crippen LogP contribution is 2.43. The fraction of sp³-hybridized carbons (Fsp3) is 0. The average Bonchev–Trinajstić information content (AvgIpc) is 3.90. The molecule has 8 aromatic carbocycles. The van der Waals surface area contributed by atoms with Gasteiger partial charge in [0.2, 0.25) is 0 Å². The van der Waals surface area contributed by atoms with Crippen LogP contribution in [-0.4, -0.2) is 0 Å². The van der Waals surface area contributed by atoms with Gasteiger partial charge in [-0.3, -0.25) is 0 Å². The number of furan rings is 2. The van der Waals surface area contributed by atoms with Gasteiger partial charge in [-0.2, -0.15) is 0 Å². The number of hydrogen-bond donors (Lipinski definition) is 0. The van der Waals surface area contributed by atoms with Crippen molar-refractivity contribution in [3.05, 3.63) is 176 Å². The first kappa shape index (κ1) is 29.1. The van der Waals surface area contributed by atoms with Gasteiger partial charge in [0.1, 0.15) is 22.3 Å². The molecule has 0 aliphatic carbocycles. The maximum Gasteiger partial charge on any atom is 0.136 e. The molecule has 0 radical (unpaired) electrons. The van der Waals surface area contributed by atoms with E-state index in [4.69, 9.17) is 8.83 Å². The zero-order chi connectivity index (χ0) is 34.2. The molecule has 3 heterocycles. The summed E-state index contributed by atoms with van der Waals surface area (Å²) in [6.45, 7) is 0. The van der Waals surface area contributed by atoms with Crippen molar-refractivity contribution in [2.45, 2.75) is 0 Å². The molecule has 0 unspecified atom stereocenters. The van der Waals surface area contributed by atoms with E-state index in [0.717, 1.165) is 72.1 Å². The van der Waals surface area contributed by atoms with E-state index in [-0.39, 0.29) is 0 Å². The Labute approximate surface area is 303 Å². The first-order chi connectivity index (χ1) is 25.8. The summed E-state index contributed by atoms with van der Waals surface area (Å²) < 4.78 is 15.3. The molecule has 52 heavy (non-hydrogen) atoms. The fourth-order valence-corrected chi connectivity index (χ4v) is 9.03. The van der Waals surface area contributed by atoms with Gasteiger partial charge in [-0.25, -0.2) is 0 Å². The van der Waals surface area contributed by atoms with E-state index in [1.54, 1.807) is 0 Å². The molecule has 0 saturated carbocycles.